The number of hydrogen-bond donors (Lipinski definition) is 0. The molecular weight excluding hydrogens is 248 g/mol. The average molecular weight is 272 g/mol. The molecule has 1 rings (SSSR count). The van der Waals surface area contributed by atoms with Crippen molar-refractivity contribution < 1.29 is 9.53 Å². The first kappa shape index (κ1) is 16.2. The molecule has 0 aromatic heterocycles. The molecule has 0 heterocycles. The summed E-state index contributed by atoms with van der Waals surface area (Å²) in [6.45, 7) is 8.44. The lowest BCUT2D eigenvalue weighted by molar-refractivity contribution is -0.141. The summed E-state index contributed by atoms with van der Waals surface area (Å²) in [6.07, 6.45) is 6.48. The van der Waals surface area contributed by atoms with Crippen molar-refractivity contribution in [3.63, 3.8) is 0 Å². The Bertz CT molecular complexity index is 446. The topological polar surface area (TPSA) is 26.3 Å². The van der Waals surface area contributed by atoms with Gasteiger partial charge in [0.1, 0.15) is 6.61 Å². The molecule has 2 heteroatoms. The molecule has 0 aliphatic carbocycles. The molecule has 20 heavy (non-hydrogen) atoms. The highest BCUT2D eigenvalue weighted by molar-refractivity contribution is 5.72. The lowest BCUT2D eigenvalue weighted by Crippen LogP contribution is -2.08. The quantitative estimate of drug-likeness (QED) is 0.520. The van der Waals surface area contributed by atoms with Crippen molar-refractivity contribution in [3.8, 4) is 0 Å². The Morgan fingerprint density at radius 3 is 2.70 bits per heavy atom. The van der Waals surface area contributed by atoms with Crippen molar-refractivity contribution >= 4 is 5.97 Å². The van der Waals surface area contributed by atoms with Crippen LogP contribution in [0.4, 0.5) is 0 Å². The Kier molecular flexibility index (Phi) is 7.41. The van der Waals surface area contributed by atoms with E-state index in [2.05, 4.69) is 19.6 Å². The maximum absolute atomic E-state index is 11.6. The van der Waals surface area contributed by atoms with Crippen LogP contribution >= 0.6 is 0 Å². The Morgan fingerprint density at radius 2 is 2.05 bits per heavy atom. The molecule has 0 aliphatic heterocycles. The van der Waals surface area contributed by atoms with Gasteiger partial charge in [-0.2, -0.15) is 0 Å². The van der Waals surface area contributed by atoms with Crippen molar-refractivity contribution in [2.24, 2.45) is 5.92 Å². The van der Waals surface area contributed by atoms with Crippen LogP contribution in [0.25, 0.3) is 0 Å². The normalized spacial score (nSPS) is 12.3. The maximum Gasteiger partial charge on any atom is 0.310 e. The van der Waals surface area contributed by atoms with Gasteiger partial charge in [0.05, 0.1) is 6.42 Å². The molecule has 0 saturated carbocycles. The fourth-order valence-corrected chi connectivity index (χ4v) is 1.81. The number of esters is 1. The predicted molar refractivity (Wildman–Crippen MR) is 83.5 cm³/mol. The monoisotopic (exact) mass is 272 g/mol. The van der Waals surface area contributed by atoms with Crippen molar-refractivity contribution in [2.75, 3.05) is 6.61 Å². The van der Waals surface area contributed by atoms with Gasteiger partial charge in [-0.05, 0) is 31.2 Å². The summed E-state index contributed by atoms with van der Waals surface area (Å²) in [7, 11) is 0. The molecule has 0 amide bonds. The van der Waals surface area contributed by atoms with Crippen LogP contribution < -0.4 is 0 Å². The molecule has 0 spiro atoms. The Morgan fingerprint density at radius 1 is 1.35 bits per heavy atom. The summed E-state index contributed by atoms with van der Waals surface area (Å²) in [5, 5.41) is 0. The molecular formula is C18H24O2. The van der Waals surface area contributed by atoms with Crippen LogP contribution in [0.15, 0.2) is 54.6 Å². The van der Waals surface area contributed by atoms with Gasteiger partial charge in [0, 0.05) is 0 Å². The molecule has 0 N–H and O–H groups in total. The van der Waals surface area contributed by atoms with E-state index in [4.69, 9.17) is 4.74 Å². The fraction of sp³-hybridized carbons (Fsp3) is 0.389. The number of hydrogen-bond acceptors (Lipinski definition) is 2. The molecule has 1 atom stereocenters. The highest BCUT2D eigenvalue weighted by Crippen LogP contribution is 2.11. The number of benzene rings is 1. The molecule has 0 radical (unpaired) electrons. The largest absolute Gasteiger partial charge is 0.461 e. The van der Waals surface area contributed by atoms with Crippen LogP contribution in [0.3, 0.4) is 0 Å². The van der Waals surface area contributed by atoms with E-state index in [1.807, 2.05) is 43.3 Å². The van der Waals surface area contributed by atoms with Crippen molar-refractivity contribution in [1.29, 1.82) is 0 Å². The zero-order chi connectivity index (χ0) is 14.8. The third-order valence-electron chi connectivity index (χ3n) is 3.02. The fourth-order valence-electron chi connectivity index (χ4n) is 1.81. The molecule has 1 aromatic carbocycles. The molecule has 2 nitrogen and oxygen atoms in total. The van der Waals surface area contributed by atoms with E-state index in [1.54, 1.807) is 0 Å². The average Bonchev–Trinajstić information content (AvgIpc) is 2.42. The highest BCUT2D eigenvalue weighted by Gasteiger charge is 2.03. The summed E-state index contributed by atoms with van der Waals surface area (Å²) in [4.78, 5) is 11.6. The molecule has 108 valence electrons. The van der Waals surface area contributed by atoms with E-state index >= 15 is 0 Å². The zero-order valence-corrected chi connectivity index (χ0v) is 12.5. The summed E-state index contributed by atoms with van der Waals surface area (Å²) < 4.78 is 5.18. The molecule has 0 aliphatic rings. The van der Waals surface area contributed by atoms with Crippen molar-refractivity contribution in [2.45, 2.75) is 33.1 Å². The van der Waals surface area contributed by atoms with Gasteiger partial charge in [0.2, 0.25) is 0 Å². The number of rotatable bonds is 8. The van der Waals surface area contributed by atoms with E-state index in [0.29, 0.717) is 18.9 Å². The molecule has 0 fully saturated rings. The van der Waals surface area contributed by atoms with Crippen molar-refractivity contribution in [1.82, 2.24) is 0 Å². The number of carbonyl (C=O) groups excluding carboxylic acids is 1. The molecule has 0 bridgehead atoms. The van der Waals surface area contributed by atoms with Gasteiger partial charge in [-0.1, -0.05) is 55.0 Å². The first-order chi connectivity index (χ1) is 9.58. The minimum absolute atomic E-state index is 0.185. The van der Waals surface area contributed by atoms with Gasteiger partial charge >= 0.3 is 5.97 Å². The lowest BCUT2D eigenvalue weighted by Gasteiger charge is -2.06. The van der Waals surface area contributed by atoms with Gasteiger partial charge in [-0.15, -0.1) is 6.58 Å². The lowest BCUT2D eigenvalue weighted by atomic mass is 10.0. The van der Waals surface area contributed by atoms with Gasteiger partial charge in [0.15, 0.2) is 0 Å². The van der Waals surface area contributed by atoms with Crippen LogP contribution in [-0.4, -0.2) is 12.6 Å². The predicted octanol–water partition coefficient (Wildman–Crippen LogP) is 4.32. The van der Waals surface area contributed by atoms with E-state index in [1.165, 1.54) is 5.57 Å². The molecule has 1 aromatic rings. The standard InChI is InChI=1S/C18H24O2/c1-15(2)11-12-16(3)8-7-13-20-18(19)14-17-9-5-4-6-10-17/h4-10,16H,1,11-14H2,2-3H3/b8-7+. The second-order valence-corrected chi connectivity index (χ2v) is 5.25. The van der Waals surface area contributed by atoms with Crippen molar-refractivity contribution in [3.05, 3.63) is 60.2 Å². The van der Waals surface area contributed by atoms with Crippen LogP contribution in [0.1, 0.15) is 32.3 Å². The smallest absolute Gasteiger partial charge is 0.310 e. The minimum Gasteiger partial charge on any atom is -0.461 e. The maximum atomic E-state index is 11.6. The third-order valence-corrected chi connectivity index (χ3v) is 3.02. The molecule has 0 saturated heterocycles. The second kappa shape index (κ2) is 9.13. The second-order valence-electron chi connectivity index (χ2n) is 5.25. The Labute approximate surface area is 122 Å². The van der Waals surface area contributed by atoms with Gasteiger partial charge < -0.3 is 4.74 Å². The van der Waals surface area contributed by atoms with E-state index in [9.17, 15) is 4.79 Å². The van der Waals surface area contributed by atoms with Gasteiger partial charge in [-0.25, -0.2) is 0 Å². The third kappa shape index (κ3) is 7.57. The van der Waals surface area contributed by atoms with E-state index in [0.717, 1.165) is 18.4 Å². The van der Waals surface area contributed by atoms with Gasteiger partial charge in [-0.3, -0.25) is 4.79 Å². The number of carbonyl (C=O) groups is 1. The van der Waals surface area contributed by atoms with Crippen LogP contribution in [0.5, 0.6) is 0 Å². The SMILES string of the molecule is C=C(C)CCC(C)/C=C/COC(=O)Cc1ccccc1. The highest BCUT2D eigenvalue weighted by atomic mass is 16.5. The summed E-state index contributed by atoms with van der Waals surface area (Å²) >= 11 is 0. The first-order valence-corrected chi connectivity index (χ1v) is 7.08. The first-order valence-electron chi connectivity index (χ1n) is 7.08. The minimum atomic E-state index is -0.185. The van der Waals surface area contributed by atoms with Crippen LogP contribution in [0.2, 0.25) is 0 Å². The number of allylic oxidation sites excluding steroid dienone is 2. The summed E-state index contributed by atoms with van der Waals surface area (Å²) in [5.74, 6) is 0.301. The van der Waals surface area contributed by atoms with E-state index < -0.39 is 0 Å². The van der Waals surface area contributed by atoms with E-state index in [-0.39, 0.29) is 5.97 Å². The molecule has 1 unspecified atom stereocenters. The van der Waals surface area contributed by atoms with Crippen LogP contribution in [-0.2, 0) is 16.0 Å². The zero-order valence-electron chi connectivity index (χ0n) is 12.5. The summed E-state index contributed by atoms with van der Waals surface area (Å²) in [6, 6.07) is 9.63. The van der Waals surface area contributed by atoms with Gasteiger partial charge in [0.25, 0.3) is 0 Å². The Hall–Kier alpha value is -1.83. The number of ether oxygens (including phenoxy) is 1. The van der Waals surface area contributed by atoms with Crippen LogP contribution in [0, 0.1) is 5.92 Å². The summed E-state index contributed by atoms with van der Waals surface area (Å²) in [5.41, 5.74) is 2.19. The Balaban J connectivity index is 2.20.